The first-order chi connectivity index (χ1) is 10.4. The third-order valence-corrected chi connectivity index (χ3v) is 3.03. The molecule has 0 fully saturated rings. The number of amides is 1. The minimum Gasteiger partial charge on any atom is -0.480 e. The largest absolute Gasteiger partial charge is 0.480 e. The molecule has 0 aliphatic heterocycles. The molecule has 0 radical (unpaired) electrons. The van der Waals surface area contributed by atoms with E-state index in [0.29, 0.717) is 23.9 Å². The van der Waals surface area contributed by atoms with Crippen molar-refractivity contribution in [2.45, 2.75) is 20.0 Å². The van der Waals surface area contributed by atoms with Crippen LogP contribution >= 0.6 is 11.6 Å². The number of benzene rings is 1. The standard InChI is InChI=1S/C15H20ClNO5/c1-10-4-5-12(16)13(8-10)21-9-14(18)22-11(2)15(19)17-6-7-20-3/h4-5,8,11H,6-7,9H2,1-3H3,(H,17,19)/t11-/m1/s1. The quantitative estimate of drug-likeness (QED) is 0.580. The van der Waals surface area contributed by atoms with E-state index in [1.54, 1.807) is 12.1 Å². The molecule has 0 bridgehead atoms. The first-order valence-electron chi connectivity index (χ1n) is 6.79. The molecule has 1 N–H and O–H groups in total. The summed E-state index contributed by atoms with van der Waals surface area (Å²) in [7, 11) is 1.53. The summed E-state index contributed by atoms with van der Waals surface area (Å²) in [6.45, 7) is 3.79. The van der Waals surface area contributed by atoms with Crippen molar-refractivity contribution in [1.82, 2.24) is 5.32 Å². The van der Waals surface area contributed by atoms with Gasteiger partial charge in [-0.3, -0.25) is 4.79 Å². The average Bonchev–Trinajstić information content (AvgIpc) is 2.48. The molecular formula is C15H20ClNO5. The van der Waals surface area contributed by atoms with Crippen LogP contribution in [0.15, 0.2) is 18.2 Å². The van der Waals surface area contributed by atoms with Crippen LogP contribution in [0.1, 0.15) is 12.5 Å². The third kappa shape index (κ3) is 6.32. The number of rotatable bonds is 8. The van der Waals surface area contributed by atoms with E-state index >= 15 is 0 Å². The Labute approximate surface area is 134 Å². The van der Waals surface area contributed by atoms with Gasteiger partial charge in [0.1, 0.15) is 5.75 Å². The van der Waals surface area contributed by atoms with Gasteiger partial charge in [0.05, 0.1) is 11.6 Å². The number of carbonyl (C=O) groups is 2. The maximum absolute atomic E-state index is 11.7. The summed E-state index contributed by atoms with van der Waals surface area (Å²) in [5.41, 5.74) is 0.957. The molecule has 1 atom stereocenters. The molecule has 0 unspecified atom stereocenters. The Kier molecular flexibility index (Phi) is 7.70. The van der Waals surface area contributed by atoms with Crippen LogP contribution < -0.4 is 10.1 Å². The van der Waals surface area contributed by atoms with E-state index in [-0.39, 0.29) is 12.5 Å². The van der Waals surface area contributed by atoms with Gasteiger partial charge in [-0.1, -0.05) is 17.7 Å². The van der Waals surface area contributed by atoms with Gasteiger partial charge in [-0.2, -0.15) is 0 Å². The second kappa shape index (κ2) is 9.27. The van der Waals surface area contributed by atoms with Crippen molar-refractivity contribution in [1.29, 1.82) is 0 Å². The maximum atomic E-state index is 11.7. The van der Waals surface area contributed by atoms with Crippen molar-refractivity contribution in [3.63, 3.8) is 0 Å². The molecule has 0 aromatic heterocycles. The van der Waals surface area contributed by atoms with Crippen molar-refractivity contribution < 1.29 is 23.8 Å². The molecule has 6 nitrogen and oxygen atoms in total. The number of aryl methyl sites for hydroxylation is 1. The molecule has 0 aliphatic rings. The lowest BCUT2D eigenvalue weighted by atomic mass is 10.2. The summed E-state index contributed by atoms with van der Waals surface area (Å²) in [5.74, 6) is -0.637. The van der Waals surface area contributed by atoms with Crippen molar-refractivity contribution in [3.05, 3.63) is 28.8 Å². The summed E-state index contributed by atoms with van der Waals surface area (Å²) in [6, 6.07) is 5.24. The smallest absolute Gasteiger partial charge is 0.344 e. The maximum Gasteiger partial charge on any atom is 0.344 e. The number of ether oxygens (including phenoxy) is 3. The second-order valence-corrected chi connectivity index (χ2v) is 5.05. The number of hydrogen-bond donors (Lipinski definition) is 1. The minimum atomic E-state index is -0.902. The van der Waals surface area contributed by atoms with Crippen LogP contribution in [0.25, 0.3) is 0 Å². The van der Waals surface area contributed by atoms with Gasteiger partial charge in [0, 0.05) is 13.7 Å². The monoisotopic (exact) mass is 329 g/mol. The molecule has 1 aromatic rings. The number of nitrogens with one attached hydrogen (secondary N) is 1. The first-order valence-corrected chi connectivity index (χ1v) is 7.17. The Bertz CT molecular complexity index is 521. The summed E-state index contributed by atoms with van der Waals surface area (Å²) >= 11 is 5.95. The third-order valence-electron chi connectivity index (χ3n) is 2.72. The normalized spacial score (nSPS) is 11.6. The summed E-state index contributed by atoms with van der Waals surface area (Å²) in [4.78, 5) is 23.3. The highest BCUT2D eigenvalue weighted by atomic mass is 35.5. The predicted octanol–water partition coefficient (Wildman–Crippen LogP) is 1.72. The van der Waals surface area contributed by atoms with E-state index in [2.05, 4.69) is 5.32 Å². The minimum absolute atomic E-state index is 0.321. The Hall–Kier alpha value is -1.79. The van der Waals surface area contributed by atoms with E-state index in [1.807, 2.05) is 13.0 Å². The van der Waals surface area contributed by atoms with Crippen LogP contribution in [0.3, 0.4) is 0 Å². The van der Waals surface area contributed by atoms with E-state index in [4.69, 9.17) is 25.8 Å². The fourth-order valence-corrected chi connectivity index (χ4v) is 1.73. The molecule has 0 saturated heterocycles. The molecule has 1 amide bonds. The molecule has 1 aromatic carbocycles. The number of halogens is 1. The van der Waals surface area contributed by atoms with Gasteiger partial charge in [-0.25, -0.2) is 4.79 Å². The highest BCUT2D eigenvalue weighted by molar-refractivity contribution is 6.32. The van der Waals surface area contributed by atoms with Gasteiger partial charge in [0.15, 0.2) is 12.7 Å². The summed E-state index contributed by atoms with van der Waals surface area (Å²) < 4.78 is 15.1. The van der Waals surface area contributed by atoms with E-state index < -0.39 is 12.1 Å². The second-order valence-electron chi connectivity index (χ2n) is 4.64. The number of hydrogen-bond acceptors (Lipinski definition) is 5. The molecule has 22 heavy (non-hydrogen) atoms. The predicted molar refractivity (Wildman–Crippen MR) is 82.1 cm³/mol. The molecule has 0 saturated carbocycles. The number of methoxy groups -OCH3 is 1. The molecule has 1 rings (SSSR count). The van der Waals surface area contributed by atoms with E-state index in [9.17, 15) is 9.59 Å². The zero-order valence-electron chi connectivity index (χ0n) is 12.8. The Morgan fingerprint density at radius 1 is 1.36 bits per heavy atom. The van der Waals surface area contributed by atoms with E-state index in [0.717, 1.165) is 5.56 Å². The number of esters is 1. The Morgan fingerprint density at radius 3 is 2.77 bits per heavy atom. The molecule has 0 spiro atoms. The van der Waals surface area contributed by atoms with Crippen molar-refractivity contribution in [3.8, 4) is 5.75 Å². The van der Waals surface area contributed by atoms with Crippen LogP contribution in [-0.4, -0.2) is 44.8 Å². The molecule has 7 heteroatoms. The van der Waals surface area contributed by atoms with Crippen LogP contribution in [0, 0.1) is 6.92 Å². The van der Waals surface area contributed by atoms with Crippen molar-refractivity contribution in [2.75, 3.05) is 26.9 Å². The van der Waals surface area contributed by atoms with Crippen LogP contribution in [0.5, 0.6) is 5.75 Å². The first kappa shape index (κ1) is 18.3. The van der Waals surface area contributed by atoms with Gasteiger partial charge < -0.3 is 19.5 Å². The molecule has 122 valence electrons. The lowest BCUT2D eigenvalue weighted by Gasteiger charge is -2.14. The Balaban J connectivity index is 2.39. The van der Waals surface area contributed by atoms with E-state index in [1.165, 1.54) is 14.0 Å². The fourth-order valence-electron chi connectivity index (χ4n) is 1.56. The van der Waals surface area contributed by atoms with Crippen molar-refractivity contribution in [2.24, 2.45) is 0 Å². The van der Waals surface area contributed by atoms with Crippen LogP contribution in [-0.2, 0) is 19.1 Å². The summed E-state index contributed by atoms with van der Waals surface area (Å²) in [5, 5.41) is 2.98. The zero-order chi connectivity index (χ0) is 16.5. The topological polar surface area (TPSA) is 73.9 Å². The SMILES string of the molecule is COCCNC(=O)[C@@H](C)OC(=O)COc1cc(C)ccc1Cl. The summed E-state index contributed by atoms with van der Waals surface area (Å²) in [6.07, 6.45) is -0.902. The molecule has 0 heterocycles. The van der Waals surface area contributed by atoms with Crippen LogP contribution in [0.2, 0.25) is 5.02 Å². The van der Waals surface area contributed by atoms with Gasteiger partial charge in [-0.05, 0) is 31.5 Å². The van der Waals surface area contributed by atoms with Gasteiger partial charge >= 0.3 is 5.97 Å². The van der Waals surface area contributed by atoms with Gasteiger partial charge in [-0.15, -0.1) is 0 Å². The Morgan fingerprint density at radius 2 is 2.09 bits per heavy atom. The van der Waals surface area contributed by atoms with Crippen molar-refractivity contribution >= 4 is 23.5 Å². The molecule has 0 aliphatic carbocycles. The zero-order valence-corrected chi connectivity index (χ0v) is 13.6. The van der Waals surface area contributed by atoms with Gasteiger partial charge in [0.2, 0.25) is 0 Å². The molecular weight excluding hydrogens is 310 g/mol. The lowest BCUT2D eigenvalue weighted by Crippen LogP contribution is -2.38. The number of carbonyl (C=O) groups excluding carboxylic acids is 2. The highest BCUT2D eigenvalue weighted by Gasteiger charge is 2.18. The highest BCUT2D eigenvalue weighted by Crippen LogP contribution is 2.25. The van der Waals surface area contributed by atoms with Gasteiger partial charge in [0.25, 0.3) is 5.91 Å². The lowest BCUT2D eigenvalue weighted by molar-refractivity contribution is -0.156. The average molecular weight is 330 g/mol. The van der Waals surface area contributed by atoms with Crippen LogP contribution in [0.4, 0.5) is 0 Å². The fraction of sp³-hybridized carbons (Fsp3) is 0.467.